The molecule has 1 fully saturated rings. The predicted molar refractivity (Wildman–Crippen MR) is 141 cm³/mol. The monoisotopic (exact) mass is 520 g/mol. The second kappa shape index (κ2) is 8.27. The number of anilines is 4. The first-order valence-electron chi connectivity index (χ1n) is 11.9. The van der Waals surface area contributed by atoms with Crippen LogP contribution in [0.15, 0.2) is 42.7 Å². The first-order valence-corrected chi connectivity index (χ1v) is 13.8. The fraction of sp³-hybridized carbons (Fsp3) is 0.269. The number of fused-ring (bicyclic) bond motifs is 2. The number of rotatable bonds is 5. The summed E-state index contributed by atoms with van der Waals surface area (Å²) in [6.07, 6.45) is 5.61. The molecule has 2 aromatic heterocycles. The molecule has 11 heteroatoms. The van der Waals surface area contributed by atoms with Crippen LogP contribution in [0.3, 0.4) is 0 Å². The molecule has 2 aliphatic rings. The van der Waals surface area contributed by atoms with E-state index < -0.39 is 20.4 Å². The highest BCUT2D eigenvalue weighted by Crippen LogP contribution is 2.52. The molecule has 0 saturated heterocycles. The van der Waals surface area contributed by atoms with Crippen molar-refractivity contribution in [3.05, 3.63) is 59.7 Å². The van der Waals surface area contributed by atoms with Crippen molar-refractivity contribution >= 4 is 43.8 Å². The quantitative estimate of drug-likeness (QED) is 0.329. The Labute approximate surface area is 213 Å². The smallest absolute Gasteiger partial charge is 0.237 e. The van der Waals surface area contributed by atoms with Gasteiger partial charge in [-0.25, -0.2) is 27.8 Å². The molecule has 190 valence electrons. The van der Waals surface area contributed by atoms with Crippen molar-refractivity contribution in [1.82, 2.24) is 15.0 Å². The number of nitrogens with one attached hydrogen (secondary N) is 2. The van der Waals surface area contributed by atoms with Crippen molar-refractivity contribution in [3.63, 3.8) is 0 Å². The van der Waals surface area contributed by atoms with Gasteiger partial charge in [0.1, 0.15) is 12.3 Å². The third-order valence-corrected chi connectivity index (χ3v) is 9.24. The average Bonchev–Trinajstić information content (AvgIpc) is 3.70. The van der Waals surface area contributed by atoms with Crippen LogP contribution in [0.4, 0.5) is 27.4 Å². The molecule has 0 unspecified atom stereocenters. The van der Waals surface area contributed by atoms with Crippen LogP contribution in [0.2, 0.25) is 0 Å². The number of benzene rings is 2. The molecule has 0 spiro atoms. The number of nitrogens with two attached hydrogens (primary N) is 1. The normalized spacial score (nSPS) is 16.0. The van der Waals surface area contributed by atoms with Gasteiger partial charge in [-0.1, -0.05) is 12.1 Å². The number of ether oxygens (including phenoxy) is 1. The van der Waals surface area contributed by atoms with Crippen LogP contribution in [0.5, 0.6) is 5.88 Å². The van der Waals surface area contributed by atoms with Gasteiger partial charge in [-0.2, -0.15) is 0 Å². The minimum absolute atomic E-state index is 0.0414. The van der Waals surface area contributed by atoms with Crippen LogP contribution in [0.1, 0.15) is 24.0 Å². The summed E-state index contributed by atoms with van der Waals surface area (Å²) in [6.45, 7) is 3.04. The maximum atomic E-state index is 15.4. The lowest BCUT2D eigenvalue weighted by molar-refractivity contribution is 0.310. The number of hydrogen-bond acceptors (Lipinski definition) is 9. The average molecular weight is 521 g/mol. The summed E-state index contributed by atoms with van der Waals surface area (Å²) in [7, 11) is -3.19. The van der Waals surface area contributed by atoms with Gasteiger partial charge >= 0.3 is 0 Å². The van der Waals surface area contributed by atoms with E-state index in [0.717, 1.165) is 16.8 Å². The van der Waals surface area contributed by atoms with Gasteiger partial charge in [-0.15, -0.1) is 0 Å². The Kier molecular flexibility index (Phi) is 5.23. The molecular weight excluding hydrogens is 495 g/mol. The molecule has 0 atom stereocenters. The number of sulfone groups is 1. The zero-order chi connectivity index (χ0) is 25.9. The summed E-state index contributed by atoms with van der Waals surface area (Å²) >= 11 is 0. The second-order valence-corrected chi connectivity index (χ2v) is 11.8. The minimum Gasteiger partial charge on any atom is -0.474 e. The van der Waals surface area contributed by atoms with Crippen LogP contribution in [0, 0.1) is 12.7 Å². The molecule has 0 amide bonds. The standard InChI is InChI=1S/C26H25FN6O3S/c1-14-18(12-30-24-23(14)29-9-10-36-24)17-11-20-19(22(28)21(17)27)13-31-25(33-20)32-16-5-3-15(4-6-16)26(7-8-26)37(2,34)35/h3-6,11-13,29H,7-10,28H2,1-2H3,(H,31,32,33). The van der Waals surface area contributed by atoms with Gasteiger partial charge < -0.3 is 21.1 Å². The summed E-state index contributed by atoms with van der Waals surface area (Å²) in [5.74, 6) is 0.233. The molecule has 3 heterocycles. The van der Waals surface area contributed by atoms with Gasteiger partial charge in [0, 0.05) is 47.4 Å². The van der Waals surface area contributed by atoms with Gasteiger partial charge in [0.15, 0.2) is 15.7 Å². The van der Waals surface area contributed by atoms with Crippen LogP contribution in [-0.4, -0.2) is 42.8 Å². The topological polar surface area (TPSA) is 132 Å². The van der Waals surface area contributed by atoms with Crippen LogP contribution < -0.4 is 21.1 Å². The minimum atomic E-state index is -3.19. The summed E-state index contributed by atoms with van der Waals surface area (Å²) in [5, 5.41) is 6.80. The van der Waals surface area contributed by atoms with Gasteiger partial charge in [-0.05, 0) is 49.1 Å². The van der Waals surface area contributed by atoms with E-state index in [9.17, 15) is 8.42 Å². The Bertz CT molecular complexity index is 1670. The van der Waals surface area contributed by atoms with Gasteiger partial charge in [-0.3, -0.25) is 0 Å². The number of aromatic nitrogens is 3. The van der Waals surface area contributed by atoms with E-state index in [1.807, 2.05) is 19.1 Å². The van der Waals surface area contributed by atoms with Gasteiger partial charge in [0.2, 0.25) is 11.8 Å². The Morgan fingerprint density at radius 2 is 1.89 bits per heavy atom. The van der Waals surface area contributed by atoms with Crippen molar-refractivity contribution in [3.8, 4) is 17.0 Å². The van der Waals surface area contributed by atoms with E-state index in [2.05, 4.69) is 25.6 Å². The third kappa shape index (κ3) is 3.81. The number of hydrogen-bond donors (Lipinski definition) is 3. The third-order valence-electron chi connectivity index (χ3n) is 7.18. The van der Waals surface area contributed by atoms with Crippen LogP contribution in [0.25, 0.3) is 22.0 Å². The van der Waals surface area contributed by atoms with Crippen molar-refractivity contribution in [2.24, 2.45) is 0 Å². The van der Waals surface area contributed by atoms with E-state index in [1.54, 1.807) is 24.4 Å². The zero-order valence-electron chi connectivity index (χ0n) is 20.3. The van der Waals surface area contributed by atoms with E-state index in [1.165, 1.54) is 12.5 Å². The molecule has 0 bridgehead atoms. The Hall–Kier alpha value is -3.99. The molecule has 1 aliphatic carbocycles. The zero-order valence-corrected chi connectivity index (χ0v) is 21.1. The second-order valence-electron chi connectivity index (χ2n) is 9.50. The van der Waals surface area contributed by atoms with Crippen molar-refractivity contribution in [2.75, 3.05) is 35.8 Å². The Morgan fingerprint density at radius 1 is 1.14 bits per heavy atom. The van der Waals surface area contributed by atoms with Crippen LogP contribution >= 0.6 is 0 Å². The predicted octanol–water partition coefficient (Wildman–Crippen LogP) is 4.30. The molecule has 2 aromatic carbocycles. The molecule has 1 saturated carbocycles. The van der Waals surface area contributed by atoms with E-state index in [4.69, 9.17) is 10.5 Å². The molecule has 9 nitrogen and oxygen atoms in total. The number of nitrogen functional groups attached to an aromatic ring is 1. The lowest BCUT2D eigenvalue weighted by atomic mass is 9.98. The highest BCUT2D eigenvalue weighted by molar-refractivity contribution is 7.92. The highest BCUT2D eigenvalue weighted by Gasteiger charge is 2.53. The molecule has 4 N–H and O–H groups in total. The summed E-state index contributed by atoms with van der Waals surface area (Å²) in [6, 6.07) is 8.87. The molecule has 0 radical (unpaired) electrons. The van der Waals surface area contributed by atoms with Crippen molar-refractivity contribution in [1.29, 1.82) is 0 Å². The van der Waals surface area contributed by atoms with Gasteiger partial charge in [0.25, 0.3) is 0 Å². The Balaban J connectivity index is 1.35. The summed E-state index contributed by atoms with van der Waals surface area (Å²) in [4.78, 5) is 13.2. The maximum Gasteiger partial charge on any atom is 0.237 e. The SMILES string of the molecule is Cc1c(-c2cc3nc(Nc4ccc(C5(S(C)(=O)=O)CC5)cc4)ncc3c(N)c2F)cnc2c1NCCO2. The molecule has 1 aliphatic heterocycles. The highest BCUT2D eigenvalue weighted by atomic mass is 32.2. The fourth-order valence-electron chi connectivity index (χ4n) is 4.90. The number of nitrogens with zero attached hydrogens (tertiary/aromatic N) is 3. The lowest BCUT2D eigenvalue weighted by Crippen LogP contribution is -2.20. The molecule has 37 heavy (non-hydrogen) atoms. The van der Waals surface area contributed by atoms with Gasteiger partial charge in [0.05, 0.1) is 16.0 Å². The molecular formula is C26H25FN6O3S. The number of halogens is 1. The summed E-state index contributed by atoms with van der Waals surface area (Å²) in [5.41, 5.74) is 10.5. The van der Waals surface area contributed by atoms with E-state index in [0.29, 0.717) is 60.0 Å². The fourth-order valence-corrected chi connectivity index (χ4v) is 6.31. The first kappa shape index (κ1) is 23.4. The van der Waals surface area contributed by atoms with Crippen molar-refractivity contribution in [2.45, 2.75) is 24.5 Å². The summed E-state index contributed by atoms with van der Waals surface area (Å²) < 4.78 is 44.6. The molecule has 6 rings (SSSR count). The van der Waals surface area contributed by atoms with E-state index in [-0.39, 0.29) is 11.3 Å². The Morgan fingerprint density at radius 3 is 2.59 bits per heavy atom. The van der Waals surface area contributed by atoms with Crippen LogP contribution in [-0.2, 0) is 14.6 Å². The number of pyridine rings is 1. The van der Waals surface area contributed by atoms with E-state index >= 15 is 4.39 Å². The largest absolute Gasteiger partial charge is 0.474 e. The maximum absolute atomic E-state index is 15.4. The molecule has 4 aromatic rings. The van der Waals surface area contributed by atoms with Crippen molar-refractivity contribution < 1.29 is 17.5 Å². The lowest BCUT2D eigenvalue weighted by Gasteiger charge is -2.22. The first-order chi connectivity index (χ1) is 17.7.